The van der Waals surface area contributed by atoms with Crippen molar-refractivity contribution in [3.05, 3.63) is 41.7 Å². The number of nitrogens with zero attached hydrogens (tertiary/aromatic N) is 2. The van der Waals surface area contributed by atoms with E-state index in [1.54, 1.807) is 0 Å². The van der Waals surface area contributed by atoms with E-state index in [1.807, 2.05) is 42.1 Å². The molecule has 4 nitrogen and oxygen atoms in total. The molecule has 0 saturated carbocycles. The molecule has 0 fully saturated rings. The van der Waals surface area contributed by atoms with E-state index in [2.05, 4.69) is 24.3 Å². The Morgan fingerprint density at radius 2 is 1.95 bits per heavy atom. The van der Waals surface area contributed by atoms with Crippen molar-refractivity contribution >= 4 is 0 Å². The molecule has 1 heterocycles. The van der Waals surface area contributed by atoms with Gasteiger partial charge in [0.05, 0.1) is 18.5 Å². The summed E-state index contributed by atoms with van der Waals surface area (Å²) >= 11 is 0. The van der Waals surface area contributed by atoms with Gasteiger partial charge < -0.3 is 10.1 Å². The van der Waals surface area contributed by atoms with Gasteiger partial charge >= 0.3 is 0 Å². The van der Waals surface area contributed by atoms with Crippen molar-refractivity contribution in [1.29, 1.82) is 0 Å². The van der Waals surface area contributed by atoms with Crippen LogP contribution in [0.25, 0.3) is 5.69 Å². The molecule has 0 aliphatic rings. The molecule has 0 radical (unpaired) electrons. The van der Waals surface area contributed by atoms with E-state index in [4.69, 9.17) is 4.74 Å². The van der Waals surface area contributed by atoms with Crippen molar-refractivity contribution in [2.24, 2.45) is 0 Å². The Labute approximate surface area is 127 Å². The Balaban J connectivity index is 2.05. The minimum Gasteiger partial charge on any atom is -0.494 e. The van der Waals surface area contributed by atoms with Gasteiger partial charge in [-0.1, -0.05) is 13.3 Å². The average molecular weight is 287 g/mol. The van der Waals surface area contributed by atoms with E-state index < -0.39 is 0 Å². The second kappa shape index (κ2) is 7.84. The van der Waals surface area contributed by atoms with Gasteiger partial charge in [0.2, 0.25) is 0 Å². The molecule has 0 aliphatic carbocycles. The Hall–Kier alpha value is -1.81. The minimum atomic E-state index is 0.688. The Morgan fingerprint density at radius 1 is 1.19 bits per heavy atom. The van der Waals surface area contributed by atoms with Crippen LogP contribution in [0.2, 0.25) is 0 Å². The van der Waals surface area contributed by atoms with Crippen LogP contribution in [-0.2, 0) is 6.54 Å². The van der Waals surface area contributed by atoms with Crippen LogP contribution in [0.5, 0.6) is 5.75 Å². The average Bonchev–Trinajstić information content (AvgIpc) is 2.86. The highest BCUT2D eigenvalue weighted by Crippen LogP contribution is 2.18. The van der Waals surface area contributed by atoms with Gasteiger partial charge in [0.1, 0.15) is 5.75 Å². The van der Waals surface area contributed by atoms with E-state index in [0.29, 0.717) is 6.61 Å². The molecule has 4 heteroatoms. The second-order valence-corrected chi connectivity index (χ2v) is 5.12. The first kappa shape index (κ1) is 15.6. The van der Waals surface area contributed by atoms with E-state index >= 15 is 0 Å². The molecule has 1 N–H and O–H groups in total. The lowest BCUT2D eigenvalue weighted by Gasteiger charge is -2.08. The van der Waals surface area contributed by atoms with E-state index in [1.165, 1.54) is 24.1 Å². The topological polar surface area (TPSA) is 39.1 Å². The summed E-state index contributed by atoms with van der Waals surface area (Å²) in [6, 6.07) is 8.05. The van der Waals surface area contributed by atoms with Gasteiger partial charge in [-0.3, -0.25) is 0 Å². The fraction of sp³-hybridized carbons (Fsp3) is 0.471. The largest absolute Gasteiger partial charge is 0.494 e. The van der Waals surface area contributed by atoms with Crippen LogP contribution in [0.3, 0.4) is 0 Å². The first-order valence-corrected chi connectivity index (χ1v) is 7.73. The molecule has 2 aromatic rings. The van der Waals surface area contributed by atoms with Crippen LogP contribution in [0.1, 0.15) is 37.9 Å². The van der Waals surface area contributed by atoms with Crippen LogP contribution in [0.4, 0.5) is 0 Å². The predicted molar refractivity (Wildman–Crippen MR) is 86.1 cm³/mol. The second-order valence-electron chi connectivity index (χ2n) is 5.12. The van der Waals surface area contributed by atoms with Crippen LogP contribution in [-0.4, -0.2) is 22.9 Å². The molecule has 1 aromatic carbocycles. The number of ether oxygens (including phenoxy) is 1. The molecular formula is C17H25N3O. The summed E-state index contributed by atoms with van der Waals surface area (Å²) in [4.78, 5) is 0. The lowest BCUT2D eigenvalue weighted by Crippen LogP contribution is -2.14. The minimum absolute atomic E-state index is 0.688. The number of nitrogens with one attached hydrogen (secondary N) is 1. The smallest absolute Gasteiger partial charge is 0.119 e. The van der Waals surface area contributed by atoms with Crippen LogP contribution >= 0.6 is 0 Å². The van der Waals surface area contributed by atoms with Gasteiger partial charge in [-0.05, 0) is 51.1 Å². The zero-order chi connectivity index (χ0) is 15.1. The summed E-state index contributed by atoms with van der Waals surface area (Å²) in [5.41, 5.74) is 3.50. The molecule has 0 amide bonds. The summed E-state index contributed by atoms with van der Waals surface area (Å²) in [7, 11) is 0. The molecule has 0 aliphatic heterocycles. The highest BCUT2D eigenvalue weighted by Gasteiger charge is 2.07. The molecule has 0 spiro atoms. The number of benzene rings is 1. The summed E-state index contributed by atoms with van der Waals surface area (Å²) in [6.07, 6.45) is 4.38. The quantitative estimate of drug-likeness (QED) is 0.756. The van der Waals surface area contributed by atoms with Crippen molar-refractivity contribution in [2.75, 3.05) is 13.2 Å². The van der Waals surface area contributed by atoms with Gasteiger partial charge in [0, 0.05) is 17.8 Å². The summed E-state index contributed by atoms with van der Waals surface area (Å²) in [6.45, 7) is 8.93. The summed E-state index contributed by atoms with van der Waals surface area (Å²) in [5.74, 6) is 0.896. The molecule has 0 unspecified atom stereocenters. The van der Waals surface area contributed by atoms with E-state index in [0.717, 1.165) is 24.5 Å². The van der Waals surface area contributed by atoms with Crippen molar-refractivity contribution < 1.29 is 4.74 Å². The lowest BCUT2D eigenvalue weighted by atomic mass is 10.2. The highest BCUT2D eigenvalue weighted by molar-refractivity contribution is 5.39. The van der Waals surface area contributed by atoms with Crippen LogP contribution in [0.15, 0.2) is 30.5 Å². The summed E-state index contributed by atoms with van der Waals surface area (Å²) in [5, 5.41) is 7.96. The molecule has 0 atom stereocenters. The zero-order valence-electron chi connectivity index (χ0n) is 13.2. The van der Waals surface area contributed by atoms with Crippen LogP contribution < -0.4 is 10.1 Å². The fourth-order valence-electron chi connectivity index (χ4n) is 2.25. The SMILES string of the molecule is CCCCNCc1cnn(-c2ccc(OCC)cc2)c1C. The molecule has 2 rings (SSSR count). The molecule has 1 aromatic heterocycles. The third-order valence-electron chi connectivity index (χ3n) is 3.53. The maximum absolute atomic E-state index is 5.47. The Bertz CT molecular complexity index is 546. The van der Waals surface area contributed by atoms with E-state index in [-0.39, 0.29) is 0 Å². The standard InChI is InChI=1S/C17H25N3O/c1-4-6-11-18-12-15-13-19-20(14(15)3)16-7-9-17(10-8-16)21-5-2/h7-10,13,18H,4-6,11-12H2,1-3H3. The number of rotatable bonds is 8. The molecule has 0 bridgehead atoms. The monoisotopic (exact) mass is 287 g/mol. The zero-order valence-corrected chi connectivity index (χ0v) is 13.2. The predicted octanol–water partition coefficient (Wildman–Crippen LogP) is 3.47. The number of hydrogen-bond donors (Lipinski definition) is 1. The Kier molecular flexibility index (Phi) is 5.81. The van der Waals surface area contributed by atoms with Gasteiger partial charge in [0.15, 0.2) is 0 Å². The summed E-state index contributed by atoms with van der Waals surface area (Å²) < 4.78 is 7.45. The van der Waals surface area contributed by atoms with Crippen molar-refractivity contribution in [3.8, 4) is 11.4 Å². The third-order valence-corrected chi connectivity index (χ3v) is 3.53. The highest BCUT2D eigenvalue weighted by atomic mass is 16.5. The first-order chi connectivity index (χ1) is 10.3. The number of unbranched alkanes of at least 4 members (excludes halogenated alkanes) is 1. The molecule has 0 saturated heterocycles. The van der Waals surface area contributed by atoms with E-state index in [9.17, 15) is 0 Å². The fourth-order valence-corrected chi connectivity index (χ4v) is 2.25. The maximum Gasteiger partial charge on any atom is 0.119 e. The van der Waals surface area contributed by atoms with Crippen molar-refractivity contribution in [1.82, 2.24) is 15.1 Å². The van der Waals surface area contributed by atoms with Gasteiger partial charge in [-0.15, -0.1) is 0 Å². The third kappa shape index (κ3) is 4.08. The molecular weight excluding hydrogens is 262 g/mol. The lowest BCUT2D eigenvalue weighted by molar-refractivity contribution is 0.340. The number of hydrogen-bond acceptors (Lipinski definition) is 3. The normalized spacial score (nSPS) is 10.8. The van der Waals surface area contributed by atoms with Crippen LogP contribution in [0, 0.1) is 6.92 Å². The molecule has 21 heavy (non-hydrogen) atoms. The van der Waals surface area contributed by atoms with Crippen molar-refractivity contribution in [3.63, 3.8) is 0 Å². The van der Waals surface area contributed by atoms with Gasteiger partial charge in [-0.2, -0.15) is 5.10 Å². The van der Waals surface area contributed by atoms with Crippen molar-refractivity contribution in [2.45, 2.75) is 40.2 Å². The maximum atomic E-state index is 5.47. The van der Waals surface area contributed by atoms with Gasteiger partial charge in [0.25, 0.3) is 0 Å². The first-order valence-electron chi connectivity index (χ1n) is 7.73. The number of aromatic nitrogens is 2. The molecule has 114 valence electrons. The van der Waals surface area contributed by atoms with Gasteiger partial charge in [-0.25, -0.2) is 4.68 Å². The Morgan fingerprint density at radius 3 is 2.62 bits per heavy atom.